The molecule has 1 aliphatic rings. The number of carbonyl (C=O) groups is 2. The van der Waals surface area contributed by atoms with Crippen molar-refractivity contribution in [1.82, 2.24) is 0 Å². The zero-order valence-electron chi connectivity index (χ0n) is 16.3. The van der Waals surface area contributed by atoms with E-state index in [4.69, 9.17) is 32.7 Å². The molecule has 154 valence electrons. The summed E-state index contributed by atoms with van der Waals surface area (Å²) in [6, 6.07) is 18.7. The third-order valence-corrected chi connectivity index (χ3v) is 5.03. The molecular weight excluding hydrogens is 437 g/mol. The van der Waals surface area contributed by atoms with Gasteiger partial charge in [0.25, 0.3) is 0 Å². The largest absolute Gasteiger partial charge is 0.422 e. The molecule has 3 aromatic rings. The second-order valence-corrected chi connectivity index (χ2v) is 7.60. The van der Waals surface area contributed by atoms with Crippen molar-refractivity contribution in [2.45, 2.75) is 6.92 Å². The number of nitrogens with zero attached hydrogens (tertiary/aromatic N) is 1. The Hall–Kier alpha value is -3.41. The van der Waals surface area contributed by atoms with Gasteiger partial charge in [-0.05, 0) is 49.4 Å². The van der Waals surface area contributed by atoms with Crippen molar-refractivity contribution in [3.05, 3.63) is 105 Å². The second kappa shape index (κ2) is 8.76. The monoisotopic (exact) mass is 451 g/mol. The molecule has 3 aromatic carbocycles. The minimum absolute atomic E-state index is 0.0554. The number of ether oxygens (including phenoxy) is 2. The standard InChI is InChI=1S/C24H15Cl2NO4/c1-14-6-8-15(9-7-14)23(28)30-21-5-3-2-4-16(21)12-20-24(29)31-22(27-20)18-11-10-17(25)13-19(18)26/h2-13H,1H3/b20-12+. The van der Waals surface area contributed by atoms with E-state index in [-0.39, 0.29) is 11.6 Å². The Labute approximate surface area is 188 Å². The number of halogens is 2. The molecule has 0 saturated heterocycles. The predicted molar refractivity (Wildman–Crippen MR) is 120 cm³/mol. The summed E-state index contributed by atoms with van der Waals surface area (Å²) >= 11 is 12.1. The van der Waals surface area contributed by atoms with Crippen LogP contribution in [-0.4, -0.2) is 17.8 Å². The lowest BCUT2D eigenvalue weighted by atomic mass is 10.1. The van der Waals surface area contributed by atoms with Gasteiger partial charge in [0.15, 0.2) is 5.70 Å². The fourth-order valence-electron chi connectivity index (χ4n) is 2.88. The van der Waals surface area contributed by atoms with E-state index in [0.717, 1.165) is 5.56 Å². The Balaban J connectivity index is 1.63. The highest BCUT2D eigenvalue weighted by molar-refractivity contribution is 6.37. The summed E-state index contributed by atoms with van der Waals surface area (Å²) in [7, 11) is 0. The Morgan fingerprint density at radius 1 is 1.03 bits per heavy atom. The highest BCUT2D eigenvalue weighted by Crippen LogP contribution is 2.28. The van der Waals surface area contributed by atoms with Gasteiger partial charge in [-0.1, -0.05) is 59.1 Å². The van der Waals surface area contributed by atoms with Crippen LogP contribution in [-0.2, 0) is 9.53 Å². The Kier molecular flexibility index (Phi) is 5.89. The number of esters is 2. The smallest absolute Gasteiger partial charge is 0.363 e. The van der Waals surface area contributed by atoms with Crippen LogP contribution in [0.1, 0.15) is 27.0 Å². The van der Waals surface area contributed by atoms with E-state index in [1.54, 1.807) is 48.5 Å². The number of cyclic esters (lactones) is 1. The van der Waals surface area contributed by atoms with Crippen LogP contribution in [0.15, 0.2) is 77.4 Å². The Morgan fingerprint density at radius 2 is 1.77 bits per heavy atom. The molecule has 0 bridgehead atoms. The van der Waals surface area contributed by atoms with Crippen molar-refractivity contribution in [3.63, 3.8) is 0 Å². The number of aliphatic imine (C=N–C) groups is 1. The van der Waals surface area contributed by atoms with Crippen LogP contribution >= 0.6 is 23.2 Å². The molecule has 0 unspecified atom stereocenters. The number of para-hydroxylation sites is 1. The first-order chi connectivity index (χ1) is 14.9. The molecule has 7 heteroatoms. The number of benzene rings is 3. The van der Waals surface area contributed by atoms with E-state index in [9.17, 15) is 9.59 Å². The zero-order valence-corrected chi connectivity index (χ0v) is 17.8. The van der Waals surface area contributed by atoms with Crippen molar-refractivity contribution >= 4 is 47.1 Å². The van der Waals surface area contributed by atoms with Crippen LogP contribution in [0.4, 0.5) is 0 Å². The van der Waals surface area contributed by atoms with E-state index in [2.05, 4.69) is 4.99 Å². The van der Waals surface area contributed by atoms with Gasteiger partial charge < -0.3 is 9.47 Å². The van der Waals surface area contributed by atoms with Crippen molar-refractivity contribution in [3.8, 4) is 5.75 Å². The van der Waals surface area contributed by atoms with Crippen molar-refractivity contribution in [2.24, 2.45) is 4.99 Å². The molecule has 0 aromatic heterocycles. The summed E-state index contributed by atoms with van der Waals surface area (Å²) in [6.45, 7) is 1.93. The van der Waals surface area contributed by atoms with Gasteiger partial charge in [-0.25, -0.2) is 14.6 Å². The van der Waals surface area contributed by atoms with E-state index in [1.165, 1.54) is 12.1 Å². The molecule has 0 atom stereocenters. The molecule has 0 spiro atoms. The van der Waals surface area contributed by atoms with Gasteiger partial charge in [0.1, 0.15) is 5.75 Å². The van der Waals surface area contributed by atoms with E-state index in [1.807, 2.05) is 19.1 Å². The molecule has 0 fully saturated rings. The van der Waals surface area contributed by atoms with Crippen LogP contribution < -0.4 is 4.74 Å². The maximum absolute atomic E-state index is 12.5. The minimum Gasteiger partial charge on any atom is -0.422 e. The second-order valence-electron chi connectivity index (χ2n) is 6.75. The minimum atomic E-state index is -0.638. The van der Waals surface area contributed by atoms with Crippen molar-refractivity contribution in [2.75, 3.05) is 0 Å². The number of carbonyl (C=O) groups excluding carboxylic acids is 2. The molecule has 0 amide bonds. The fourth-order valence-corrected chi connectivity index (χ4v) is 3.37. The fraction of sp³-hybridized carbons (Fsp3) is 0.0417. The van der Waals surface area contributed by atoms with E-state index < -0.39 is 11.9 Å². The normalized spacial score (nSPS) is 14.4. The quantitative estimate of drug-likeness (QED) is 0.282. The Bertz CT molecular complexity index is 1250. The number of rotatable bonds is 4. The Morgan fingerprint density at radius 3 is 2.52 bits per heavy atom. The molecule has 0 aliphatic carbocycles. The molecule has 0 saturated carbocycles. The number of hydrogen-bond acceptors (Lipinski definition) is 5. The first-order valence-electron chi connectivity index (χ1n) is 9.26. The topological polar surface area (TPSA) is 65.0 Å². The zero-order chi connectivity index (χ0) is 22.0. The highest BCUT2D eigenvalue weighted by atomic mass is 35.5. The summed E-state index contributed by atoms with van der Waals surface area (Å²) in [4.78, 5) is 29.1. The van der Waals surface area contributed by atoms with Crippen LogP contribution in [0.5, 0.6) is 5.75 Å². The van der Waals surface area contributed by atoms with Crippen molar-refractivity contribution < 1.29 is 19.1 Å². The van der Waals surface area contributed by atoms with Gasteiger partial charge in [-0.3, -0.25) is 0 Å². The van der Waals surface area contributed by atoms with Gasteiger partial charge in [-0.2, -0.15) is 0 Å². The molecule has 4 rings (SSSR count). The first kappa shape index (κ1) is 20.8. The van der Waals surface area contributed by atoms with Crippen molar-refractivity contribution in [1.29, 1.82) is 0 Å². The molecule has 5 nitrogen and oxygen atoms in total. The summed E-state index contributed by atoms with van der Waals surface area (Å²) in [6.07, 6.45) is 1.50. The summed E-state index contributed by atoms with van der Waals surface area (Å²) in [5.74, 6) is -0.772. The average Bonchev–Trinajstić information content (AvgIpc) is 3.10. The first-order valence-corrected chi connectivity index (χ1v) is 10.0. The molecule has 0 radical (unpaired) electrons. The number of aryl methyl sites for hydroxylation is 1. The van der Waals surface area contributed by atoms with Crippen LogP contribution in [0, 0.1) is 6.92 Å². The SMILES string of the molecule is Cc1ccc(C(=O)Oc2ccccc2/C=C2/N=C(c3ccc(Cl)cc3Cl)OC2=O)cc1. The van der Waals surface area contributed by atoms with E-state index >= 15 is 0 Å². The van der Waals surface area contributed by atoms with Gasteiger partial charge in [-0.15, -0.1) is 0 Å². The molecule has 31 heavy (non-hydrogen) atoms. The average molecular weight is 452 g/mol. The predicted octanol–water partition coefficient (Wildman–Crippen LogP) is 5.87. The lowest BCUT2D eigenvalue weighted by Gasteiger charge is -2.07. The van der Waals surface area contributed by atoms with Crippen LogP contribution in [0.2, 0.25) is 10.0 Å². The maximum atomic E-state index is 12.5. The third kappa shape index (κ3) is 4.68. The van der Waals surface area contributed by atoms with Gasteiger partial charge in [0.05, 0.1) is 16.1 Å². The summed E-state index contributed by atoms with van der Waals surface area (Å²) < 4.78 is 10.8. The third-order valence-electron chi connectivity index (χ3n) is 4.48. The molecule has 1 aliphatic heterocycles. The van der Waals surface area contributed by atoms with Gasteiger partial charge in [0.2, 0.25) is 5.90 Å². The van der Waals surface area contributed by atoms with E-state index in [0.29, 0.717) is 32.5 Å². The number of hydrogen-bond donors (Lipinski definition) is 0. The van der Waals surface area contributed by atoms with Gasteiger partial charge >= 0.3 is 11.9 Å². The highest BCUT2D eigenvalue weighted by Gasteiger charge is 2.26. The lowest BCUT2D eigenvalue weighted by molar-refractivity contribution is -0.129. The van der Waals surface area contributed by atoms with Crippen LogP contribution in [0.25, 0.3) is 6.08 Å². The summed E-state index contributed by atoms with van der Waals surface area (Å²) in [5, 5.41) is 0.770. The summed E-state index contributed by atoms with van der Waals surface area (Å²) in [5.41, 5.74) is 2.46. The molecule has 1 heterocycles. The molecule has 0 N–H and O–H groups in total. The maximum Gasteiger partial charge on any atom is 0.363 e. The van der Waals surface area contributed by atoms with Gasteiger partial charge in [0, 0.05) is 10.6 Å². The van der Waals surface area contributed by atoms with Crippen LogP contribution in [0.3, 0.4) is 0 Å². The lowest BCUT2D eigenvalue weighted by Crippen LogP contribution is -2.09. The molecular formula is C24H15Cl2NO4.